The average molecular weight is 250 g/mol. The molecule has 0 radical (unpaired) electrons. The zero-order valence-corrected chi connectivity index (χ0v) is 10.8. The van der Waals surface area contributed by atoms with Crippen molar-refractivity contribution in [2.24, 2.45) is 12.8 Å². The Labute approximate surface area is 106 Å². The third kappa shape index (κ3) is 2.21. The maximum Gasteiger partial charge on any atom is 0.110 e. The summed E-state index contributed by atoms with van der Waals surface area (Å²) < 4.78 is 2.07. The summed E-state index contributed by atoms with van der Waals surface area (Å²) in [5.74, 6) is 1.000. The first-order chi connectivity index (χ1) is 8.15. The minimum atomic E-state index is 0.603. The lowest BCUT2D eigenvalue weighted by Crippen LogP contribution is -2.08. The summed E-state index contributed by atoms with van der Waals surface area (Å²) in [5.41, 5.74) is 8.61. The van der Waals surface area contributed by atoms with Crippen molar-refractivity contribution in [2.75, 3.05) is 6.54 Å². The van der Waals surface area contributed by atoms with Crippen LogP contribution in [-0.4, -0.2) is 16.1 Å². The van der Waals surface area contributed by atoms with Crippen molar-refractivity contribution < 1.29 is 0 Å². The maximum absolute atomic E-state index is 6.20. The topological polar surface area (TPSA) is 43.8 Å². The molecule has 0 bridgehead atoms. The van der Waals surface area contributed by atoms with Crippen LogP contribution in [0.1, 0.15) is 11.5 Å². The average Bonchev–Trinajstić information content (AvgIpc) is 2.59. The zero-order valence-electron chi connectivity index (χ0n) is 10.1. The van der Waals surface area contributed by atoms with E-state index in [-0.39, 0.29) is 0 Å². The monoisotopic (exact) mass is 249 g/mol. The highest BCUT2D eigenvalue weighted by Gasteiger charge is 2.14. The number of aromatic nitrogens is 2. The number of rotatable bonds is 3. The molecule has 0 aliphatic rings. The molecule has 1 aromatic heterocycles. The van der Waals surface area contributed by atoms with Gasteiger partial charge in [0.25, 0.3) is 0 Å². The molecule has 0 saturated heterocycles. The molecular formula is C13H16ClN3. The molecule has 2 rings (SSSR count). The van der Waals surface area contributed by atoms with Gasteiger partial charge in [-0.1, -0.05) is 29.8 Å². The largest absolute Gasteiger partial charge is 0.335 e. The summed E-state index contributed by atoms with van der Waals surface area (Å²) in [5, 5.41) is 0.730. The van der Waals surface area contributed by atoms with E-state index in [1.807, 2.05) is 38.2 Å². The molecule has 3 nitrogen and oxygen atoms in total. The molecule has 1 heterocycles. The molecule has 0 saturated carbocycles. The first kappa shape index (κ1) is 12.1. The lowest BCUT2D eigenvalue weighted by molar-refractivity contribution is 0.761. The number of hydrogen-bond donors (Lipinski definition) is 1. The minimum Gasteiger partial charge on any atom is -0.335 e. The van der Waals surface area contributed by atoms with Gasteiger partial charge in [-0.2, -0.15) is 0 Å². The second-order valence-corrected chi connectivity index (χ2v) is 4.45. The van der Waals surface area contributed by atoms with Crippen molar-refractivity contribution in [1.82, 2.24) is 9.55 Å². The van der Waals surface area contributed by atoms with E-state index in [4.69, 9.17) is 17.3 Å². The van der Waals surface area contributed by atoms with Crippen LogP contribution >= 0.6 is 11.6 Å². The van der Waals surface area contributed by atoms with Gasteiger partial charge < -0.3 is 10.3 Å². The Morgan fingerprint density at radius 3 is 2.71 bits per heavy atom. The lowest BCUT2D eigenvalue weighted by Gasteiger charge is -2.02. The number of nitrogens with zero attached hydrogens (tertiary/aromatic N) is 2. The fourth-order valence-corrected chi connectivity index (χ4v) is 2.12. The quantitative estimate of drug-likeness (QED) is 0.909. The first-order valence-electron chi connectivity index (χ1n) is 5.62. The Bertz CT molecular complexity index is 531. The van der Waals surface area contributed by atoms with Gasteiger partial charge in [-0.05, 0) is 19.5 Å². The molecule has 17 heavy (non-hydrogen) atoms. The molecule has 0 amide bonds. The van der Waals surface area contributed by atoms with Crippen molar-refractivity contribution >= 4 is 11.6 Å². The van der Waals surface area contributed by atoms with Gasteiger partial charge in [-0.15, -0.1) is 0 Å². The maximum atomic E-state index is 6.20. The molecule has 90 valence electrons. The Balaban J connectivity index is 2.53. The van der Waals surface area contributed by atoms with Gasteiger partial charge >= 0.3 is 0 Å². The van der Waals surface area contributed by atoms with E-state index in [2.05, 4.69) is 9.55 Å². The van der Waals surface area contributed by atoms with Crippen LogP contribution in [-0.2, 0) is 13.5 Å². The molecular weight excluding hydrogens is 234 g/mol. The predicted molar refractivity (Wildman–Crippen MR) is 71.1 cm³/mol. The molecule has 0 aliphatic heterocycles. The second kappa shape index (κ2) is 4.90. The van der Waals surface area contributed by atoms with Gasteiger partial charge in [0.15, 0.2) is 0 Å². The van der Waals surface area contributed by atoms with E-state index in [1.165, 1.54) is 0 Å². The first-order valence-corrected chi connectivity index (χ1v) is 6.00. The molecule has 0 fully saturated rings. The molecule has 1 aromatic carbocycles. The third-order valence-electron chi connectivity index (χ3n) is 2.97. The van der Waals surface area contributed by atoms with E-state index in [9.17, 15) is 0 Å². The summed E-state index contributed by atoms with van der Waals surface area (Å²) in [6.07, 6.45) is 0.780. The highest BCUT2D eigenvalue weighted by Crippen LogP contribution is 2.29. The predicted octanol–water partition coefficient (Wildman–Crippen LogP) is 2.55. The summed E-state index contributed by atoms with van der Waals surface area (Å²) in [4.78, 5) is 4.63. The van der Waals surface area contributed by atoms with Crippen LogP contribution in [0.15, 0.2) is 24.3 Å². The molecule has 0 aliphatic carbocycles. The van der Waals surface area contributed by atoms with E-state index >= 15 is 0 Å². The number of halogens is 1. The van der Waals surface area contributed by atoms with Crippen LogP contribution in [0.25, 0.3) is 11.3 Å². The van der Waals surface area contributed by atoms with Gasteiger partial charge in [-0.25, -0.2) is 4.98 Å². The van der Waals surface area contributed by atoms with Gasteiger partial charge in [0, 0.05) is 24.7 Å². The van der Waals surface area contributed by atoms with Crippen LogP contribution in [0.2, 0.25) is 5.02 Å². The van der Waals surface area contributed by atoms with Gasteiger partial charge in [0.1, 0.15) is 5.82 Å². The van der Waals surface area contributed by atoms with Gasteiger partial charge in [0.2, 0.25) is 0 Å². The van der Waals surface area contributed by atoms with Crippen molar-refractivity contribution in [2.45, 2.75) is 13.3 Å². The Morgan fingerprint density at radius 2 is 2.06 bits per heavy atom. The Kier molecular flexibility index (Phi) is 3.50. The summed E-state index contributed by atoms with van der Waals surface area (Å²) in [6, 6.07) is 7.76. The van der Waals surface area contributed by atoms with Crippen molar-refractivity contribution in [3.05, 3.63) is 40.8 Å². The third-order valence-corrected chi connectivity index (χ3v) is 3.30. The van der Waals surface area contributed by atoms with Crippen LogP contribution in [0.5, 0.6) is 0 Å². The fourth-order valence-electron chi connectivity index (χ4n) is 1.90. The van der Waals surface area contributed by atoms with Gasteiger partial charge in [-0.3, -0.25) is 0 Å². The number of imidazole rings is 1. The van der Waals surface area contributed by atoms with Gasteiger partial charge in [0.05, 0.1) is 10.7 Å². The number of benzene rings is 1. The second-order valence-electron chi connectivity index (χ2n) is 4.04. The normalized spacial score (nSPS) is 10.8. The van der Waals surface area contributed by atoms with E-state index in [0.29, 0.717) is 6.54 Å². The smallest absolute Gasteiger partial charge is 0.110 e. The highest BCUT2D eigenvalue weighted by molar-refractivity contribution is 6.33. The van der Waals surface area contributed by atoms with E-state index < -0.39 is 0 Å². The van der Waals surface area contributed by atoms with Crippen molar-refractivity contribution in [3.63, 3.8) is 0 Å². The Morgan fingerprint density at radius 1 is 1.35 bits per heavy atom. The molecule has 2 N–H and O–H groups in total. The summed E-state index contributed by atoms with van der Waals surface area (Å²) in [6.45, 7) is 2.65. The summed E-state index contributed by atoms with van der Waals surface area (Å²) in [7, 11) is 2.01. The number of nitrogens with two attached hydrogens (primary N) is 1. The lowest BCUT2D eigenvalue weighted by atomic mass is 10.1. The fraction of sp³-hybridized carbons (Fsp3) is 0.308. The van der Waals surface area contributed by atoms with Crippen LogP contribution in [0, 0.1) is 6.92 Å². The standard InChI is InChI=1S/C13H16ClN3/c1-9-13(10-5-3-4-6-11(10)14)16-12(7-8-15)17(9)2/h3-6H,7-8,15H2,1-2H3. The SMILES string of the molecule is Cc1c(-c2ccccc2Cl)nc(CCN)n1C. The van der Waals surface area contributed by atoms with E-state index in [1.54, 1.807) is 0 Å². The molecule has 0 unspecified atom stereocenters. The molecule has 0 spiro atoms. The highest BCUT2D eigenvalue weighted by atomic mass is 35.5. The molecule has 4 heteroatoms. The van der Waals surface area contributed by atoms with Crippen LogP contribution < -0.4 is 5.73 Å². The minimum absolute atomic E-state index is 0.603. The number of hydrogen-bond acceptors (Lipinski definition) is 2. The summed E-state index contributed by atoms with van der Waals surface area (Å²) >= 11 is 6.20. The van der Waals surface area contributed by atoms with E-state index in [0.717, 1.165) is 34.2 Å². The zero-order chi connectivity index (χ0) is 12.4. The van der Waals surface area contributed by atoms with Crippen molar-refractivity contribution in [3.8, 4) is 11.3 Å². The Hall–Kier alpha value is -1.32. The van der Waals surface area contributed by atoms with Crippen LogP contribution in [0.4, 0.5) is 0 Å². The molecule has 2 aromatic rings. The molecule has 0 atom stereocenters. The van der Waals surface area contributed by atoms with Crippen molar-refractivity contribution in [1.29, 1.82) is 0 Å². The van der Waals surface area contributed by atoms with Crippen LogP contribution in [0.3, 0.4) is 0 Å².